The Hall–Kier alpha value is -0.810. The summed E-state index contributed by atoms with van der Waals surface area (Å²) in [5.74, 6) is 0.303. The summed E-state index contributed by atoms with van der Waals surface area (Å²) in [5.41, 5.74) is 5.39. The Labute approximate surface area is 90.7 Å². The Kier molecular flexibility index (Phi) is 3.93. The molecule has 0 radical (unpaired) electrons. The zero-order valence-corrected chi connectivity index (χ0v) is 9.67. The van der Waals surface area contributed by atoms with Crippen molar-refractivity contribution in [3.63, 3.8) is 0 Å². The molecule has 0 bridgehead atoms. The first-order valence-electron chi connectivity index (χ1n) is 5.31. The number of rotatable bonds is 2. The third kappa shape index (κ3) is 4.48. The van der Waals surface area contributed by atoms with E-state index >= 15 is 0 Å². The first kappa shape index (κ1) is 12.3. The molecule has 88 valence electrons. The van der Waals surface area contributed by atoms with Crippen molar-refractivity contribution in [3.05, 3.63) is 0 Å². The van der Waals surface area contributed by atoms with Crippen LogP contribution in [0.15, 0.2) is 0 Å². The molecule has 0 aliphatic carbocycles. The second-order valence-electron chi connectivity index (χ2n) is 4.96. The van der Waals surface area contributed by atoms with Crippen molar-refractivity contribution >= 4 is 6.09 Å². The minimum absolute atomic E-state index is 0.125. The smallest absolute Gasteiger partial charge is 0.407 e. The van der Waals surface area contributed by atoms with Gasteiger partial charge in [-0.15, -0.1) is 0 Å². The largest absolute Gasteiger partial charge is 0.444 e. The standard InChI is InChI=1S/C10H21N3O2/c1-10(2,3)15-9(14)13-5-7-4-12-6-8(7)11/h7-8,12H,4-6,11H2,1-3H3,(H,13,14). The van der Waals surface area contributed by atoms with E-state index in [1.165, 1.54) is 0 Å². The maximum absolute atomic E-state index is 11.3. The molecule has 0 aromatic rings. The van der Waals surface area contributed by atoms with Gasteiger partial charge in [0.2, 0.25) is 0 Å². The fourth-order valence-corrected chi connectivity index (χ4v) is 1.51. The normalized spacial score (nSPS) is 26.4. The predicted octanol–water partition coefficient (Wildman–Crippen LogP) is 0.0578. The molecule has 0 saturated carbocycles. The number of amides is 1. The first-order chi connectivity index (χ1) is 6.88. The van der Waals surface area contributed by atoms with Gasteiger partial charge in [0.25, 0.3) is 0 Å². The number of carbonyl (C=O) groups excluding carboxylic acids is 1. The lowest BCUT2D eigenvalue weighted by Crippen LogP contribution is -2.40. The second-order valence-corrected chi connectivity index (χ2v) is 4.96. The molecular weight excluding hydrogens is 194 g/mol. The number of nitrogens with one attached hydrogen (secondary N) is 2. The Bertz CT molecular complexity index is 225. The molecule has 1 fully saturated rings. The minimum Gasteiger partial charge on any atom is -0.444 e. The van der Waals surface area contributed by atoms with E-state index in [4.69, 9.17) is 10.5 Å². The summed E-state index contributed by atoms with van der Waals surface area (Å²) >= 11 is 0. The Morgan fingerprint density at radius 2 is 2.20 bits per heavy atom. The highest BCUT2D eigenvalue weighted by atomic mass is 16.6. The highest BCUT2D eigenvalue weighted by molar-refractivity contribution is 5.67. The van der Waals surface area contributed by atoms with Gasteiger partial charge in [0.1, 0.15) is 5.60 Å². The van der Waals surface area contributed by atoms with Gasteiger partial charge >= 0.3 is 6.09 Å². The molecule has 1 heterocycles. The fourth-order valence-electron chi connectivity index (χ4n) is 1.51. The van der Waals surface area contributed by atoms with Gasteiger partial charge in [0.05, 0.1) is 0 Å². The van der Waals surface area contributed by atoms with E-state index < -0.39 is 5.60 Å². The van der Waals surface area contributed by atoms with Crippen molar-refractivity contribution in [3.8, 4) is 0 Å². The molecule has 2 atom stereocenters. The monoisotopic (exact) mass is 215 g/mol. The highest BCUT2D eigenvalue weighted by Gasteiger charge is 2.24. The van der Waals surface area contributed by atoms with E-state index in [0.717, 1.165) is 13.1 Å². The summed E-state index contributed by atoms with van der Waals surface area (Å²) in [6.45, 7) is 7.78. The molecule has 1 amide bonds. The van der Waals surface area contributed by atoms with Crippen molar-refractivity contribution in [2.75, 3.05) is 19.6 Å². The lowest BCUT2D eigenvalue weighted by molar-refractivity contribution is 0.0520. The van der Waals surface area contributed by atoms with Gasteiger partial charge in [-0.2, -0.15) is 0 Å². The van der Waals surface area contributed by atoms with E-state index in [2.05, 4.69) is 10.6 Å². The van der Waals surface area contributed by atoms with Gasteiger partial charge in [0, 0.05) is 31.6 Å². The fraction of sp³-hybridized carbons (Fsp3) is 0.900. The third-order valence-electron chi connectivity index (χ3n) is 2.30. The van der Waals surface area contributed by atoms with Crippen LogP contribution in [0.25, 0.3) is 0 Å². The van der Waals surface area contributed by atoms with Crippen molar-refractivity contribution in [2.45, 2.75) is 32.4 Å². The number of nitrogens with two attached hydrogens (primary N) is 1. The van der Waals surface area contributed by atoms with Crippen LogP contribution in [0.1, 0.15) is 20.8 Å². The molecule has 1 aliphatic rings. The van der Waals surface area contributed by atoms with Gasteiger partial charge < -0.3 is 21.1 Å². The molecule has 1 rings (SSSR count). The number of hydrogen-bond donors (Lipinski definition) is 3. The number of alkyl carbamates (subject to hydrolysis) is 1. The minimum atomic E-state index is -0.444. The molecule has 5 nitrogen and oxygen atoms in total. The van der Waals surface area contributed by atoms with Crippen LogP contribution in [0.5, 0.6) is 0 Å². The van der Waals surface area contributed by atoms with E-state index in [0.29, 0.717) is 12.5 Å². The van der Waals surface area contributed by atoms with Crippen LogP contribution in [0, 0.1) is 5.92 Å². The van der Waals surface area contributed by atoms with Crippen molar-refractivity contribution in [1.82, 2.24) is 10.6 Å². The van der Waals surface area contributed by atoms with E-state index in [1.54, 1.807) is 0 Å². The summed E-state index contributed by atoms with van der Waals surface area (Å²) in [5, 5.41) is 5.91. The first-order valence-corrected chi connectivity index (χ1v) is 5.31. The van der Waals surface area contributed by atoms with Crippen LogP contribution in [0.2, 0.25) is 0 Å². The summed E-state index contributed by atoms with van der Waals surface area (Å²) in [6, 6.07) is 0.125. The molecule has 1 aliphatic heterocycles. The van der Waals surface area contributed by atoms with Crippen LogP contribution in [-0.4, -0.2) is 37.4 Å². The average molecular weight is 215 g/mol. The third-order valence-corrected chi connectivity index (χ3v) is 2.30. The molecule has 1 saturated heterocycles. The van der Waals surface area contributed by atoms with Crippen LogP contribution >= 0.6 is 0 Å². The zero-order valence-electron chi connectivity index (χ0n) is 9.67. The average Bonchev–Trinajstić information content (AvgIpc) is 2.44. The molecule has 5 heteroatoms. The molecule has 15 heavy (non-hydrogen) atoms. The number of ether oxygens (including phenoxy) is 1. The van der Waals surface area contributed by atoms with Crippen LogP contribution < -0.4 is 16.4 Å². The van der Waals surface area contributed by atoms with Gasteiger partial charge in [-0.25, -0.2) is 4.79 Å². The van der Waals surface area contributed by atoms with Gasteiger partial charge in [-0.3, -0.25) is 0 Å². The predicted molar refractivity (Wildman–Crippen MR) is 58.6 cm³/mol. The SMILES string of the molecule is CC(C)(C)OC(=O)NCC1CNCC1N. The van der Waals surface area contributed by atoms with Gasteiger partial charge in [-0.05, 0) is 20.8 Å². The summed E-state index contributed by atoms with van der Waals surface area (Å²) in [4.78, 5) is 11.3. The summed E-state index contributed by atoms with van der Waals surface area (Å²) < 4.78 is 5.12. The quantitative estimate of drug-likeness (QED) is 0.608. The van der Waals surface area contributed by atoms with Crippen molar-refractivity contribution < 1.29 is 9.53 Å². The van der Waals surface area contributed by atoms with Gasteiger partial charge in [0.15, 0.2) is 0 Å². The molecule has 0 aromatic carbocycles. The topological polar surface area (TPSA) is 76.4 Å². The number of carbonyl (C=O) groups is 1. The molecule has 2 unspecified atom stereocenters. The number of hydrogen-bond acceptors (Lipinski definition) is 4. The van der Waals surface area contributed by atoms with E-state index in [1.807, 2.05) is 20.8 Å². The second kappa shape index (κ2) is 4.81. The highest BCUT2D eigenvalue weighted by Crippen LogP contribution is 2.08. The summed E-state index contributed by atoms with van der Waals surface area (Å²) in [7, 11) is 0. The Balaban J connectivity index is 2.22. The van der Waals surface area contributed by atoms with Crippen LogP contribution in [-0.2, 0) is 4.74 Å². The Morgan fingerprint density at radius 1 is 1.53 bits per heavy atom. The molecule has 4 N–H and O–H groups in total. The van der Waals surface area contributed by atoms with Crippen LogP contribution in [0.4, 0.5) is 4.79 Å². The maximum Gasteiger partial charge on any atom is 0.407 e. The van der Waals surface area contributed by atoms with Crippen molar-refractivity contribution in [1.29, 1.82) is 0 Å². The zero-order chi connectivity index (χ0) is 11.5. The van der Waals surface area contributed by atoms with Gasteiger partial charge in [-0.1, -0.05) is 0 Å². The molecular formula is C10H21N3O2. The Morgan fingerprint density at radius 3 is 2.67 bits per heavy atom. The lowest BCUT2D eigenvalue weighted by atomic mass is 10.1. The van der Waals surface area contributed by atoms with Crippen molar-refractivity contribution in [2.24, 2.45) is 11.7 Å². The lowest BCUT2D eigenvalue weighted by Gasteiger charge is -2.21. The molecule has 0 aromatic heterocycles. The van der Waals surface area contributed by atoms with E-state index in [-0.39, 0.29) is 12.1 Å². The van der Waals surface area contributed by atoms with E-state index in [9.17, 15) is 4.79 Å². The van der Waals surface area contributed by atoms with Crippen LogP contribution in [0.3, 0.4) is 0 Å². The maximum atomic E-state index is 11.3. The molecule has 0 spiro atoms. The summed E-state index contributed by atoms with van der Waals surface area (Å²) in [6.07, 6.45) is -0.374.